The maximum Gasteiger partial charge on any atom is 0.0640 e. The SMILES string of the molecule is COC1CCCCC1c1cccc(Sc2cccc(C3CCCCC3OC)c2N)c1N. The fraction of sp³-hybridized carbons (Fsp3) is 0.538. The molecule has 0 bridgehead atoms. The van der Waals surface area contributed by atoms with Crippen molar-refractivity contribution in [3.05, 3.63) is 47.5 Å². The number of methoxy groups -OCH3 is 2. The zero-order valence-corrected chi connectivity index (χ0v) is 19.6. The van der Waals surface area contributed by atoms with Gasteiger partial charge >= 0.3 is 0 Å². The second-order valence-corrected chi connectivity index (χ2v) is 10.0. The number of benzene rings is 2. The average molecular weight is 441 g/mol. The zero-order valence-electron chi connectivity index (χ0n) is 18.8. The molecular formula is C26H36N2O2S. The second kappa shape index (κ2) is 10.3. The summed E-state index contributed by atoms with van der Waals surface area (Å²) in [4.78, 5) is 2.16. The van der Waals surface area contributed by atoms with Gasteiger partial charge in [0.2, 0.25) is 0 Å². The van der Waals surface area contributed by atoms with Crippen molar-refractivity contribution in [3.8, 4) is 0 Å². The molecule has 2 aromatic rings. The summed E-state index contributed by atoms with van der Waals surface area (Å²) in [5, 5.41) is 0. The van der Waals surface area contributed by atoms with E-state index < -0.39 is 0 Å². The topological polar surface area (TPSA) is 70.5 Å². The zero-order chi connectivity index (χ0) is 21.8. The van der Waals surface area contributed by atoms with E-state index in [2.05, 4.69) is 36.4 Å². The molecule has 0 amide bonds. The molecule has 0 radical (unpaired) electrons. The fourth-order valence-electron chi connectivity index (χ4n) is 5.53. The minimum atomic E-state index is 0.252. The highest BCUT2D eigenvalue weighted by Gasteiger charge is 2.30. The van der Waals surface area contributed by atoms with E-state index in [1.165, 1.54) is 36.8 Å². The van der Waals surface area contributed by atoms with Crippen molar-refractivity contribution < 1.29 is 9.47 Å². The standard InChI is InChI=1S/C26H36N2O2S/c1-29-21-13-5-3-9-17(21)19-11-7-15-23(25(19)27)31-24-16-8-12-20(26(24)28)18-10-4-6-14-22(18)30-2/h7-8,11-12,15-18,21-22H,3-6,9-10,13-14,27-28H2,1-2H3. The fourth-order valence-corrected chi connectivity index (χ4v) is 6.52. The van der Waals surface area contributed by atoms with Crippen LogP contribution in [0, 0.1) is 0 Å². The third-order valence-electron chi connectivity index (χ3n) is 7.23. The summed E-state index contributed by atoms with van der Waals surface area (Å²) in [7, 11) is 3.64. The summed E-state index contributed by atoms with van der Waals surface area (Å²) in [5.41, 5.74) is 17.6. The lowest BCUT2D eigenvalue weighted by atomic mass is 9.81. The Balaban J connectivity index is 1.61. The van der Waals surface area contributed by atoms with Crippen molar-refractivity contribution in [3.63, 3.8) is 0 Å². The van der Waals surface area contributed by atoms with Crippen LogP contribution in [0.3, 0.4) is 0 Å². The molecule has 0 saturated heterocycles. The molecule has 168 valence electrons. The van der Waals surface area contributed by atoms with E-state index >= 15 is 0 Å². The van der Waals surface area contributed by atoms with E-state index in [-0.39, 0.29) is 12.2 Å². The van der Waals surface area contributed by atoms with Gasteiger partial charge in [0.1, 0.15) is 0 Å². The van der Waals surface area contributed by atoms with E-state index in [4.69, 9.17) is 20.9 Å². The van der Waals surface area contributed by atoms with Crippen LogP contribution >= 0.6 is 11.8 Å². The predicted octanol–water partition coefficient (Wildman–Crippen LogP) is 6.35. The van der Waals surface area contributed by atoms with Gasteiger partial charge in [-0.3, -0.25) is 0 Å². The van der Waals surface area contributed by atoms with Crippen LogP contribution in [-0.2, 0) is 9.47 Å². The lowest BCUT2D eigenvalue weighted by Crippen LogP contribution is -2.25. The molecule has 0 heterocycles. The third kappa shape index (κ3) is 4.74. The summed E-state index contributed by atoms with van der Waals surface area (Å²) in [6, 6.07) is 12.8. The van der Waals surface area contributed by atoms with Gasteiger partial charge in [-0.2, -0.15) is 0 Å². The van der Waals surface area contributed by atoms with E-state index in [0.717, 1.165) is 46.8 Å². The first kappa shape index (κ1) is 22.5. The Hall–Kier alpha value is -1.69. The predicted molar refractivity (Wildman–Crippen MR) is 130 cm³/mol. The smallest absolute Gasteiger partial charge is 0.0640 e. The number of ether oxygens (including phenoxy) is 2. The van der Waals surface area contributed by atoms with Gasteiger partial charge < -0.3 is 20.9 Å². The molecule has 0 spiro atoms. The third-order valence-corrected chi connectivity index (χ3v) is 8.38. The maximum absolute atomic E-state index is 6.72. The quantitative estimate of drug-likeness (QED) is 0.512. The maximum atomic E-state index is 6.72. The van der Waals surface area contributed by atoms with Gasteiger partial charge in [0, 0.05) is 47.2 Å². The van der Waals surface area contributed by atoms with E-state index in [0.29, 0.717) is 11.8 Å². The Morgan fingerprint density at radius 1 is 0.677 bits per heavy atom. The summed E-state index contributed by atoms with van der Waals surface area (Å²) < 4.78 is 11.6. The Labute approximate surface area is 191 Å². The molecule has 4 rings (SSSR count). The van der Waals surface area contributed by atoms with Gasteiger partial charge in [-0.25, -0.2) is 0 Å². The van der Waals surface area contributed by atoms with E-state index in [9.17, 15) is 0 Å². The largest absolute Gasteiger partial charge is 0.398 e. The van der Waals surface area contributed by atoms with E-state index in [1.54, 1.807) is 11.8 Å². The highest BCUT2D eigenvalue weighted by molar-refractivity contribution is 7.99. The molecule has 4 unspecified atom stereocenters. The Bertz CT molecular complexity index is 816. The molecule has 4 N–H and O–H groups in total. The second-order valence-electron chi connectivity index (χ2n) is 8.95. The van der Waals surface area contributed by atoms with Crippen molar-refractivity contribution in [1.29, 1.82) is 0 Å². The molecule has 2 aliphatic carbocycles. The van der Waals surface area contributed by atoms with Crippen LogP contribution in [0.4, 0.5) is 11.4 Å². The van der Waals surface area contributed by atoms with Crippen LogP contribution in [0.25, 0.3) is 0 Å². The first-order chi connectivity index (χ1) is 15.1. The van der Waals surface area contributed by atoms with E-state index in [1.807, 2.05) is 14.2 Å². The van der Waals surface area contributed by atoms with Crippen molar-refractivity contribution in [2.75, 3.05) is 25.7 Å². The highest BCUT2D eigenvalue weighted by Crippen LogP contribution is 2.45. The number of hydrogen-bond donors (Lipinski definition) is 2. The Morgan fingerprint density at radius 2 is 1.10 bits per heavy atom. The summed E-state index contributed by atoms with van der Waals surface area (Å²) in [5.74, 6) is 0.736. The molecule has 2 fully saturated rings. The molecule has 0 aromatic heterocycles. The van der Waals surface area contributed by atoms with Gasteiger partial charge in [-0.1, -0.05) is 61.7 Å². The van der Waals surface area contributed by atoms with Gasteiger partial charge in [-0.05, 0) is 48.9 Å². The van der Waals surface area contributed by atoms with Crippen LogP contribution in [0.2, 0.25) is 0 Å². The van der Waals surface area contributed by atoms with Gasteiger partial charge in [-0.15, -0.1) is 0 Å². The van der Waals surface area contributed by atoms with Gasteiger partial charge in [0.15, 0.2) is 0 Å². The molecule has 31 heavy (non-hydrogen) atoms. The average Bonchev–Trinajstić information content (AvgIpc) is 2.81. The number of nitrogens with two attached hydrogens (primary N) is 2. The summed E-state index contributed by atoms with van der Waals surface area (Å²) in [6.07, 6.45) is 9.92. The van der Waals surface area contributed by atoms with Gasteiger partial charge in [0.05, 0.1) is 12.2 Å². The Kier molecular flexibility index (Phi) is 7.47. The number of para-hydroxylation sites is 2. The van der Waals surface area contributed by atoms with Crippen molar-refractivity contribution in [2.24, 2.45) is 0 Å². The number of nitrogen functional groups attached to an aromatic ring is 2. The van der Waals surface area contributed by atoms with Crippen LogP contribution in [0.1, 0.15) is 74.3 Å². The minimum absolute atomic E-state index is 0.252. The van der Waals surface area contributed by atoms with Crippen LogP contribution in [0.5, 0.6) is 0 Å². The molecular weight excluding hydrogens is 404 g/mol. The lowest BCUT2D eigenvalue weighted by Gasteiger charge is -2.32. The van der Waals surface area contributed by atoms with Crippen molar-refractivity contribution in [2.45, 2.75) is 85.2 Å². The summed E-state index contributed by atoms with van der Waals surface area (Å²) >= 11 is 1.68. The lowest BCUT2D eigenvalue weighted by molar-refractivity contribution is 0.0524. The summed E-state index contributed by atoms with van der Waals surface area (Å²) in [6.45, 7) is 0. The van der Waals surface area contributed by atoms with Crippen LogP contribution in [0.15, 0.2) is 46.2 Å². The number of hydrogen-bond acceptors (Lipinski definition) is 5. The normalized spacial score (nSPS) is 26.6. The molecule has 4 nitrogen and oxygen atoms in total. The Morgan fingerprint density at radius 3 is 1.52 bits per heavy atom. The number of anilines is 2. The highest BCUT2D eigenvalue weighted by atomic mass is 32.2. The molecule has 0 aliphatic heterocycles. The van der Waals surface area contributed by atoms with Crippen molar-refractivity contribution >= 4 is 23.1 Å². The van der Waals surface area contributed by atoms with Crippen LogP contribution < -0.4 is 11.5 Å². The monoisotopic (exact) mass is 440 g/mol. The molecule has 2 aromatic carbocycles. The van der Waals surface area contributed by atoms with Crippen molar-refractivity contribution in [1.82, 2.24) is 0 Å². The minimum Gasteiger partial charge on any atom is -0.398 e. The molecule has 2 saturated carbocycles. The van der Waals surface area contributed by atoms with Crippen LogP contribution in [-0.4, -0.2) is 26.4 Å². The first-order valence-corrected chi connectivity index (χ1v) is 12.5. The molecule has 4 atom stereocenters. The van der Waals surface area contributed by atoms with Gasteiger partial charge in [0.25, 0.3) is 0 Å². The molecule has 5 heteroatoms. The molecule has 2 aliphatic rings. The number of rotatable bonds is 6. The first-order valence-electron chi connectivity index (χ1n) is 11.6.